The second-order valence-corrected chi connectivity index (χ2v) is 7.88. The predicted octanol–water partition coefficient (Wildman–Crippen LogP) is 2.90. The van der Waals surface area contributed by atoms with E-state index in [0.717, 1.165) is 58.2 Å². The van der Waals surface area contributed by atoms with Crippen molar-refractivity contribution in [2.45, 2.75) is 33.2 Å². The van der Waals surface area contributed by atoms with E-state index in [-0.39, 0.29) is 24.0 Å². The molecule has 1 fully saturated rings. The maximum absolute atomic E-state index is 5.09. The molecule has 1 saturated heterocycles. The van der Waals surface area contributed by atoms with Crippen LogP contribution < -0.4 is 10.2 Å². The van der Waals surface area contributed by atoms with Gasteiger partial charge in [0, 0.05) is 51.0 Å². The van der Waals surface area contributed by atoms with Gasteiger partial charge in [-0.2, -0.15) is 0 Å². The summed E-state index contributed by atoms with van der Waals surface area (Å²) in [7, 11) is 2.22. The quantitative estimate of drug-likeness (QED) is 0.395. The number of hydrogen-bond donors (Lipinski definition) is 1. The Hall–Kier alpha value is -0.860. The summed E-state index contributed by atoms with van der Waals surface area (Å²) in [5.74, 6) is 1.65. The number of aliphatic imine (C=N–C) groups is 1. The van der Waals surface area contributed by atoms with Crippen LogP contribution in [0.1, 0.15) is 26.3 Å². The van der Waals surface area contributed by atoms with Gasteiger partial charge >= 0.3 is 0 Å². The molecule has 0 radical (unpaired) electrons. The average molecular weight is 485 g/mol. The van der Waals surface area contributed by atoms with Gasteiger partial charge in [0.25, 0.3) is 0 Å². The van der Waals surface area contributed by atoms with Crippen LogP contribution >= 0.6 is 24.0 Å². The van der Waals surface area contributed by atoms with Crippen LogP contribution in [0.4, 0.5) is 5.69 Å². The summed E-state index contributed by atoms with van der Waals surface area (Å²) in [6.45, 7) is 14.2. The SMILES string of the molecule is CCNC(=NCC(C(C)C)N1CCN(C)CC1)N1CCc2ccccc21.I. The average Bonchev–Trinajstić information content (AvgIpc) is 3.06. The summed E-state index contributed by atoms with van der Waals surface area (Å²) in [5, 5.41) is 3.52. The van der Waals surface area contributed by atoms with Crippen LogP contribution in [-0.4, -0.2) is 74.7 Å². The second-order valence-electron chi connectivity index (χ2n) is 7.88. The van der Waals surface area contributed by atoms with Crippen LogP contribution in [0.2, 0.25) is 0 Å². The number of likely N-dealkylation sites (N-methyl/N-ethyl adjacent to an activating group) is 1. The summed E-state index contributed by atoms with van der Waals surface area (Å²) in [6, 6.07) is 9.22. The molecule has 1 N–H and O–H groups in total. The first-order chi connectivity index (χ1) is 12.6. The van der Waals surface area contributed by atoms with Gasteiger partial charge in [-0.05, 0) is 37.9 Å². The molecule has 0 aliphatic carbocycles. The molecule has 1 aromatic rings. The highest BCUT2D eigenvalue weighted by Crippen LogP contribution is 2.27. The third kappa shape index (κ3) is 5.57. The minimum absolute atomic E-state index is 0. The van der Waals surface area contributed by atoms with Crippen molar-refractivity contribution in [2.75, 3.05) is 57.8 Å². The molecule has 5 nitrogen and oxygen atoms in total. The highest BCUT2D eigenvalue weighted by Gasteiger charge is 2.26. The van der Waals surface area contributed by atoms with Gasteiger partial charge in [0.15, 0.2) is 5.96 Å². The van der Waals surface area contributed by atoms with Crippen molar-refractivity contribution in [1.29, 1.82) is 0 Å². The zero-order valence-electron chi connectivity index (χ0n) is 17.3. The smallest absolute Gasteiger partial charge is 0.198 e. The Labute approximate surface area is 182 Å². The van der Waals surface area contributed by atoms with E-state index in [1.807, 2.05) is 0 Å². The topological polar surface area (TPSA) is 34.1 Å². The number of rotatable bonds is 5. The van der Waals surface area contributed by atoms with Crippen molar-refractivity contribution in [3.8, 4) is 0 Å². The van der Waals surface area contributed by atoms with Crippen LogP contribution in [0, 0.1) is 5.92 Å². The van der Waals surface area contributed by atoms with E-state index in [2.05, 4.69) is 72.1 Å². The Morgan fingerprint density at radius 1 is 1.11 bits per heavy atom. The van der Waals surface area contributed by atoms with Crippen molar-refractivity contribution in [2.24, 2.45) is 10.9 Å². The van der Waals surface area contributed by atoms with Crippen LogP contribution in [0.25, 0.3) is 0 Å². The van der Waals surface area contributed by atoms with Gasteiger partial charge in [0.1, 0.15) is 0 Å². The van der Waals surface area contributed by atoms with E-state index in [4.69, 9.17) is 4.99 Å². The summed E-state index contributed by atoms with van der Waals surface area (Å²) in [4.78, 5) is 12.5. The standard InChI is InChI=1S/C21H35N5.HI/c1-5-22-21(26-11-10-18-8-6-7-9-19(18)26)23-16-20(17(2)3)25-14-12-24(4)13-15-25;/h6-9,17,20H,5,10-16H2,1-4H3,(H,22,23);1H. The molecule has 152 valence electrons. The maximum Gasteiger partial charge on any atom is 0.198 e. The van der Waals surface area contributed by atoms with Crippen molar-refractivity contribution in [1.82, 2.24) is 15.1 Å². The molecule has 1 atom stereocenters. The van der Waals surface area contributed by atoms with Crippen molar-refractivity contribution in [3.63, 3.8) is 0 Å². The zero-order valence-corrected chi connectivity index (χ0v) is 19.6. The third-order valence-corrected chi connectivity index (χ3v) is 5.68. The highest BCUT2D eigenvalue weighted by atomic mass is 127. The lowest BCUT2D eigenvalue weighted by atomic mass is 10.0. The Morgan fingerprint density at radius 3 is 2.48 bits per heavy atom. The molecule has 2 heterocycles. The number of anilines is 1. The molecular formula is C21H36IN5. The Balaban J connectivity index is 0.00000261. The van der Waals surface area contributed by atoms with E-state index in [0.29, 0.717) is 12.0 Å². The molecule has 0 aromatic heterocycles. The molecule has 1 aromatic carbocycles. The molecule has 2 aliphatic heterocycles. The first kappa shape index (κ1) is 22.4. The van der Waals surface area contributed by atoms with Crippen molar-refractivity contribution in [3.05, 3.63) is 29.8 Å². The summed E-state index contributed by atoms with van der Waals surface area (Å²) in [5.41, 5.74) is 2.74. The predicted molar refractivity (Wildman–Crippen MR) is 127 cm³/mol. The van der Waals surface area contributed by atoms with Gasteiger partial charge in [-0.1, -0.05) is 32.0 Å². The van der Waals surface area contributed by atoms with Gasteiger partial charge in [-0.25, -0.2) is 0 Å². The molecule has 0 spiro atoms. The molecule has 0 bridgehead atoms. The fourth-order valence-electron chi connectivity index (χ4n) is 4.03. The number of guanidine groups is 1. The lowest BCUT2D eigenvalue weighted by Gasteiger charge is -2.39. The number of para-hydroxylation sites is 1. The van der Waals surface area contributed by atoms with Gasteiger partial charge in [-0.15, -0.1) is 24.0 Å². The van der Waals surface area contributed by atoms with E-state index < -0.39 is 0 Å². The highest BCUT2D eigenvalue weighted by molar-refractivity contribution is 14.0. The molecule has 2 aliphatic rings. The molecular weight excluding hydrogens is 449 g/mol. The fourth-order valence-corrected chi connectivity index (χ4v) is 4.03. The lowest BCUT2D eigenvalue weighted by Crippen LogP contribution is -2.52. The maximum atomic E-state index is 5.09. The number of hydrogen-bond acceptors (Lipinski definition) is 3. The number of fused-ring (bicyclic) bond motifs is 1. The normalized spacial score (nSPS) is 19.7. The number of halogens is 1. The third-order valence-electron chi connectivity index (χ3n) is 5.68. The summed E-state index contributed by atoms with van der Waals surface area (Å²) >= 11 is 0. The summed E-state index contributed by atoms with van der Waals surface area (Å²) < 4.78 is 0. The molecule has 0 amide bonds. The Bertz CT molecular complexity index is 610. The molecule has 1 unspecified atom stereocenters. The zero-order chi connectivity index (χ0) is 18.5. The summed E-state index contributed by atoms with van der Waals surface area (Å²) in [6.07, 6.45) is 1.10. The largest absolute Gasteiger partial charge is 0.356 e. The monoisotopic (exact) mass is 485 g/mol. The number of nitrogens with zero attached hydrogens (tertiary/aromatic N) is 4. The van der Waals surface area contributed by atoms with E-state index in [1.54, 1.807) is 0 Å². The number of piperazine rings is 1. The fraction of sp³-hybridized carbons (Fsp3) is 0.667. The van der Waals surface area contributed by atoms with Gasteiger partial charge < -0.3 is 15.1 Å². The van der Waals surface area contributed by atoms with Crippen LogP contribution in [0.15, 0.2) is 29.3 Å². The second kappa shape index (κ2) is 10.6. The van der Waals surface area contributed by atoms with Gasteiger partial charge in [-0.3, -0.25) is 9.89 Å². The first-order valence-corrected chi connectivity index (χ1v) is 10.2. The van der Waals surface area contributed by atoms with Crippen molar-refractivity contribution >= 4 is 35.6 Å². The van der Waals surface area contributed by atoms with Crippen LogP contribution in [-0.2, 0) is 6.42 Å². The molecule has 3 rings (SSSR count). The van der Waals surface area contributed by atoms with E-state index >= 15 is 0 Å². The Kier molecular flexibility index (Phi) is 8.82. The van der Waals surface area contributed by atoms with Crippen LogP contribution in [0.3, 0.4) is 0 Å². The van der Waals surface area contributed by atoms with Crippen LogP contribution in [0.5, 0.6) is 0 Å². The van der Waals surface area contributed by atoms with Gasteiger partial charge in [0.05, 0.1) is 6.54 Å². The minimum Gasteiger partial charge on any atom is -0.356 e. The minimum atomic E-state index is 0. The lowest BCUT2D eigenvalue weighted by molar-refractivity contribution is 0.0925. The number of benzene rings is 1. The van der Waals surface area contributed by atoms with E-state index in [9.17, 15) is 0 Å². The molecule has 0 saturated carbocycles. The number of nitrogens with one attached hydrogen (secondary N) is 1. The Morgan fingerprint density at radius 2 is 1.81 bits per heavy atom. The molecule has 27 heavy (non-hydrogen) atoms. The van der Waals surface area contributed by atoms with Crippen molar-refractivity contribution < 1.29 is 0 Å². The first-order valence-electron chi connectivity index (χ1n) is 10.2. The van der Waals surface area contributed by atoms with E-state index in [1.165, 1.54) is 11.3 Å². The molecule has 6 heteroatoms. The van der Waals surface area contributed by atoms with Gasteiger partial charge in [0.2, 0.25) is 0 Å².